The lowest BCUT2D eigenvalue weighted by Gasteiger charge is -2.28. The van der Waals surface area contributed by atoms with E-state index in [4.69, 9.17) is 16.3 Å². The van der Waals surface area contributed by atoms with Crippen LogP contribution < -0.4 is 10.2 Å². The number of fused-ring (bicyclic) bond motifs is 1. The summed E-state index contributed by atoms with van der Waals surface area (Å²) in [5.41, 5.74) is 3.81. The van der Waals surface area contributed by atoms with Crippen molar-refractivity contribution < 1.29 is 14.3 Å². The van der Waals surface area contributed by atoms with Gasteiger partial charge in [0.1, 0.15) is 11.9 Å². The highest BCUT2D eigenvalue weighted by molar-refractivity contribution is 8.00. The second-order valence-corrected chi connectivity index (χ2v) is 8.91. The summed E-state index contributed by atoms with van der Waals surface area (Å²) >= 11 is 7.70. The van der Waals surface area contributed by atoms with E-state index in [9.17, 15) is 9.59 Å². The van der Waals surface area contributed by atoms with Crippen LogP contribution in [0.3, 0.4) is 0 Å². The van der Waals surface area contributed by atoms with Crippen LogP contribution in [0, 0.1) is 6.92 Å². The number of rotatable bonds is 6. The van der Waals surface area contributed by atoms with Crippen LogP contribution >= 0.6 is 23.4 Å². The van der Waals surface area contributed by atoms with Crippen molar-refractivity contribution in [2.75, 3.05) is 36.7 Å². The normalized spacial score (nSPS) is 15.3. The fraction of sp³-hybridized carbons (Fsp3) is 0.318. The number of aromatic nitrogens is 2. The molecule has 1 aliphatic rings. The summed E-state index contributed by atoms with van der Waals surface area (Å²) in [6.45, 7) is 2.86. The Labute approximate surface area is 189 Å². The van der Waals surface area contributed by atoms with Crippen molar-refractivity contribution in [3.63, 3.8) is 0 Å². The molecule has 1 aliphatic heterocycles. The number of aryl methyl sites for hydroxylation is 1. The van der Waals surface area contributed by atoms with Crippen molar-refractivity contribution in [1.82, 2.24) is 15.3 Å². The van der Waals surface area contributed by atoms with Crippen LogP contribution in [0.1, 0.15) is 27.8 Å². The first kappa shape index (κ1) is 21.7. The van der Waals surface area contributed by atoms with Crippen LogP contribution in [0.4, 0.5) is 5.69 Å². The molecule has 7 nitrogen and oxygen atoms in total. The third-order valence-corrected chi connectivity index (χ3v) is 6.33. The number of halogens is 1. The molecule has 9 heteroatoms. The van der Waals surface area contributed by atoms with Crippen molar-refractivity contribution in [3.8, 4) is 0 Å². The molecule has 2 aromatic carbocycles. The number of anilines is 1. The lowest BCUT2D eigenvalue weighted by atomic mass is 10.1. The van der Waals surface area contributed by atoms with E-state index in [0.29, 0.717) is 28.7 Å². The van der Waals surface area contributed by atoms with Gasteiger partial charge in [-0.1, -0.05) is 11.6 Å². The van der Waals surface area contributed by atoms with Crippen LogP contribution in [0.15, 0.2) is 36.4 Å². The minimum absolute atomic E-state index is 0.0988. The molecule has 0 radical (unpaired) electrons. The maximum atomic E-state index is 13.0. The fourth-order valence-electron chi connectivity index (χ4n) is 3.63. The smallest absolute Gasteiger partial charge is 0.251 e. The SMILES string of the molecule is COC[C@H](NC(=O)c1ccc(N2CCSCC2=O)c(C)c1)c1nc2cc(Cl)ccc2[nH]1. The minimum atomic E-state index is -0.454. The number of aromatic amines is 1. The highest BCUT2D eigenvalue weighted by Gasteiger charge is 2.23. The summed E-state index contributed by atoms with van der Waals surface area (Å²) in [5.74, 6) is 1.85. The topological polar surface area (TPSA) is 87.3 Å². The highest BCUT2D eigenvalue weighted by Crippen LogP contribution is 2.26. The number of H-pyrrole nitrogens is 1. The molecule has 2 N–H and O–H groups in total. The number of benzene rings is 2. The van der Waals surface area contributed by atoms with Gasteiger partial charge in [0.15, 0.2) is 0 Å². The predicted molar refractivity (Wildman–Crippen MR) is 124 cm³/mol. The standard InChI is InChI=1S/C22H23ClN4O3S/c1-13-9-14(3-6-19(13)27-7-8-31-12-20(27)28)22(29)26-18(11-30-2)21-24-16-5-4-15(23)10-17(16)25-21/h3-6,9-10,18H,7-8,11-12H2,1-2H3,(H,24,25)(H,26,29)/t18-/m0/s1. The number of imidazole rings is 1. The number of carbonyl (C=O) groups excluding carboxylic acids is 2. The molecule has 0 bridgehead atoms. The largest absolute Gasteiger partial charge is 0.382 e. The van der Waals surface area contributed by atoms with Crippen LogP contribution in [0.2, 0.25) is 5.02 Å². The molecule has 1 atom stereocenters. The maximum Gasteiger partial charge on any atom is 0.251 e. The molecular formula is C22H23ClN4O3S. The molecule has 162 valence electrons. The van der Waals surface area contributed by atoms with Crippen LogP contribution in [-0.4, -0.2) is 53.5 Å². The maximum absolute atomic E-state index is 13.0. The molecule has 3 aromatic rings. The summed E-state index contributed by atoms with van der Waals surface area (Å²) in [6, 6.07) is 10.3. The number of nitrogens with one attached hydrogen (secondary N) is 2. The number of amides is 2. The Balaban J connectivity index is 1.54. The number of hydrogen-bond donors (Lipinski definition) is 2. The Bertz CT molecular complexity index is 1130. The van der Waals surface area contributed by atoms with Gasteiger partial charge >= 0.3 is 0 Å². The van der Waals surface area contributed by atoms with Gasteiger partial charge in [0.05, 0.1) is 23.4 Å². The minimum Gasteiger partial charge on any atom is -0.382 e. The monoisotopic (exact) mass is 458 g/mol. The number of carbonyl (C=O) groups is 2. The van der Waals surface area contributed by atoms with Crippen molar-refractivity contribution in [1.29, 1.82) is 0 Å². The Kier molecular flexibility index (Phi) is 6.50. The first-order valence-electron chi connectivity index (χ1n) is 9.90. The van der Waals surface area contributed by atoms with E-state index in [-0.39, 0.29) is 18.4 Å². The molecule has 1 fully saturated rings. The van der Waals surface area contributed by atoms with Crippen molar-refractivity contribution in [2.45, 2.75) is 13.0 Å². The lowest BCUT2D eigenvalue weighted by molar-refractivity contribution is -0.116. The van der Waals surface area contributed by atoms with E-state index in [1.807, 2.05) is 25.1 Å². The van der Waals surface area contributed by atoms with Crippen LogP contribution in [0.25, 0.3) is 11.0 Å². The van der Waals surface area contributed by atoms with Gasteiger partial charge in [0.25, 0.3) is 5.91 Å². The van der Waals surface area contributed by atoms with Gasteiger partial charge in [-0.2, -0.15) is 11.8 Å². The molecule has 0 aliphatic carbocycles. The van der Waals surface area contributed by atoms with E-state index in [0.717, 1.165) is 28.0 Å². The summed E-state index contributed by atoms with van der Waals surface area (Å²) in [6.07, 6.45) is 0. The molecule has 2 heterocycles. The molecule has 0 spiro atoms. The molecule has 4 rings (SSSR count). The predicted octanol–water partition coefficient (Wildman–Crippen LogP) is 3.72. The van der Waals surface area contributed by atoms with Crippen LogP contribution in [0.5, 0.6) is 0 Å². The average molecular weight is 459 g/mol. The van der Waals surface area contributed by atoms with E-state index in [2.05, 4.69) is 15.3 Å². The summed E-state index contributed by atoms with van der Waals surface area (Å²) in [5, 5.41) is 3.58. The quantitative estimate of drug-likeness (QED) is 0.587. The second kappa shape index (κ2) is 9.30. The van der Waals surface area contributed by atoms with Gasteiger partial charge in [-0.25, -0.2) is 4.98 Å². The van der Waals surface area contributed by atoms with Gasteiger partial charge < -0.3 is 19.9 Å². The van der Waals surface area contributed by atoms with Gasteiger partial charge in [-0.15, -0.1) is 0 Å². The van der Waals surface area contributed by atoms with E-state index in [1.54, 1.807) is 42.0 Å². The van der Waals surface area contributed by atoms with Gasteiger partial charge in [-0.05, 0) is 48.9 Å². The number of nitrogens with zero attached hydrogens (tertiary/aromatic N) is 2. The summed E-state index contributed by atoms with van der Waals surface area (Å²) in [7, 11) is 1.57. The zero-order valence-corrected chi connectivity index (χ0v) is 18.8. The summed E-state index contributed by atoms with van der Waals surface area (Å²) in [4.78, 5) is 34.8. The highest BCUT2D eigenvalue weighted by atomic mass is 35.5. The van der Waals surface area contributed by atoms with E-state index >= 15 is 0 Å². The Morgan fingerprint density at radius 1 is 1.35 bits per heavy atom. The van der Waals surface area contributed by atoms with E-state index < -0.39 is 6.04 Å². The Morgan fingerprint density at radius 3 is 2.94 bits per heavy atom. The molecule has 1 aromatic heterocycles. The Morgan fingerprint density at radius 2 is 2.19 bits per heavy atom. The number of ether oxygens (including phenoxy) is 1. The van der Waals surface area contributed by atoms with Crippen molar-refractivity contribution >= 4 is 51.9 Å². The zero-order valence-electron chi connectivity index (χ0n) is 17.3. The molecule has 1 saturated heterocycles. The van der Waals surface area contributed by atoms with Gasteiger partial charge in [0, 0.05) is 35.7 Å². The molecule has 0 unspecified atom stereocenters. The van der Waals surface area contributed by atoms with Crippen molar-refractivity contribution in [3.05, 3.63) is 58.4 Å². The lowest BCUT2D eigenvalue weighted by Crippen LogP contribution is -2.38. The molecule has 2 amide bonds. The first-order chi connectivity index (χ1) is 15.0. The molecular weight excluding hydrogens is 436 g/mol. The zero-order chi connectivity index (χ0) is 22.0. The second-order valence-electron chi connectivity index (χ2n) is 7.36. The van der Waals surface area contributed by atoms with E-state index in [1.165, 1.54) is 0 Å². The average Bonchev–Trinajstić information content (AvgIpc) is 3.17. The van der Waals surface area contributed by atoms with Crippen molar-refractivity contribution in [2.24, 2.45) is 0 Å². The van der Waals surface area contributed by atoms with Crippen LogP contribution in [-0.2, 0) is 9.53 Å². The summed E-state index contributed by atoms with van der Waals surface area (Å²) < 4.78 is 5.30. The number of thioether (sulfide) groups is 1. The van der Waals surface area contributed by atoms with Gasteiger partial charge in [-0.3, -0.25) is 9.59 Å². The fourth-order valence-corrected chi connectivity index (χ4v) is 4.59. The molecule has 0 saturated carbocycles. The first-order valence-corrected chi connectivity index (χ1v) is 11.4. The number of methoxy groups -OCH3 is 1. The third kappa shape index (κ3) is 4.71. The molecule has 31 heavy (non-hydrogen) atoms. The Hall–Kier alpha value is -2.55. The number of hydrogen-bond acceptors (Lipinski definition) is 5. The third-order valence-electron chi connectivity index (χ3n) is 5.17. The van der Waals surface area contributed by atoms with Gasteiger partial charge in [0.2, 0.25) is 5.91 Å².